The summed E-state index contributed by atoms with van der Waals surface area (Å²) in [5.41, 5.74) is 4.51. The van der Waals surface area contributed by atoms with Crippen molar-refractivity contribution in [2.24, 2.45) is 0 Å². The third kappa shape index (κ3) is 4.99. The van der Waals surface area contributed by atoms with Crippen LogP contribution in [0.25, 0.3) is 5.69 Å². The van der Waals surface area contributed by atoms with Gasteiger partial charge in [0.15, 0.2) is 5.11 Å². The minimum absolute atomic E-state index is 0.0858. The zero-order chi connectivity index (χ0) is 25.1. The van der Waals surface area contributed by atoms with Gasteiger partial charge in [-0.3, -0.25) is 9.78 Å². The first kappa shape index (κ1) is 23.7. The van der Waals surface area contributed by atoms with Crippen molar-refractivity contribution in [1.29, 1.82) is 0 Å². The van der Waals surface area contributed by atoms with E-state index in [-0.39, 0.29) is 30.2 Å². The lowest BCUT2D eigenvalue weighted by molar-refractivity contribution is -0.116. The average Bonchev–Trinajstić information content (AvgIpc) is 3.48. The molecule has 3 heterocycles. The van der Waals surface area contributed by atoms with Crippen molar-refractivity contribution >= 4 is 28.9 Å². The first-order valence-corrected chi connectivity index (χ1v) is 12.2. The van der Waals surface area contributed by atoms with Gasteiger partial charge in [0.2, 0.25) is 5.91 Å². The number of carbonyl (C=O) groups excluding carboxylic acids is 1. The van der Waals surface area contributed by atoms with Crippen molar-refractivity contribution in [3.05, 3.63) is 114 Å². The van der Waals surface area contributed by atoms with Gasteiger partial charge in [-0.25, -0.2) is 4.39 Å². The maximum Gasteiger partial charge on any atom is 0.226 e. The predicted octanol–water partition coefficient (Wildman–Crippen LogP) is 5.32. The molecule has 1 aliphatic rings. The van der Waals surface area contributed by atoms with Gasteiger partial charge in [0.05, 0.1) is 17.8 Å². The van der Waals surface area contributed by atoms with Crippen molar-refractivity contribution in [2.45, 2.75) is 25.4 Å². The third-order valence-corrected chi connectivity index (χ3v) is 6.62. The summed E-state index contributed by atoms with van der Waals surface area (Å²) in [5, 5.41) is 6.95. The summed E-state index contributed by atoms with van der Waals surface area (Å²) in [6.45, 7) is 2.41. The van der Waals surface area contributed by atoms with Crippen LogP contribution in [0.2, 0.25) is 0 Å². The van der Waals surface area contributed by atoms with E-state index in [1.54, 1.807) is 18.3 Å². The molecule has 0 spiro atoms. The van der Waals surface area contributed by atoms with Gasteiger partial charge in [-0.15, -0.1) is 0 Å². The number of rotatable bonds is 7. The zero-order valence-electron chi connectivity index (χ0n) is 19.8. The summed E-state index contributed by atoms with van der Waals surface area (Å²) < 4.78 is 15.6. The Balaban J connectivity index is 1.44. The Morgan fingerprint density at radius 2 is 1.92 bits per heavy atom. The highest BCUT2D eigenvalue weighted by Gasteiger charge is 2.41. The summed E-state index contributed by atoms with van der Waals surface area (Å²) in [5.74, 6) is -0.374. The van der Waals surface area contributed by atoms with E-state index in [0.29, 0.717) is 11.7 Å². The van der Waals surface area contributed by atoms with Crippen molar-refractivity contribution in [1.82, 2.24) is 19.8 Å². The Kier molecular flexibility index (Phi) is 6.77. The number of hydrogen-bond acceptors (Lipinski definition) is 3. The molecule has 5 rings (SSSR count). The Morgan fingerprint density at radius 1 is 1.08 bits per heavy atom. The first-order chi connectivity index (χ1) is 17.5. The zero-order valence-corrected chi connectivity index (χ0v) is 20.6. The van der Waals surface area contributed by atoms with Crippen molar-refractivity contribution in [3.63, 3.8) is 0 Å². The van der Waals surface area contributed by atoms with Crippen LogP contribution in [-0.4, -0.2) is 32.0 Å². The van der Waals surface area contributed by atoms with Crippen LogP contribution in [-0.2, 0) is 4.79 Å². The molecule has 0 radical (unpaired) electrons. The largest absolute Gasteiger partial charge is 0.352 e. The standard InChI is InChI=1S/C28H26FN5OS/c1-19-6-4-7-21(18-19)31-25(35)14-17-34-27(26(32-28(34)36)23-8-2-3-15-30-23)24-9-5-16-33(24)22-12-10-20(29)11-13-22/h2-13,15-16,18,26-27H,14,17H2,1H3,(H,31,35)(H,32,36)/t26-,27-/m0/s1. The number of aromatic nitrogens is 2. The minimum Gasteiger partial charge on any atom is -0.352 e. The molecule has 1 saturated heterocycles. The molecule has 0 aliphatic carbocycles. The van der Waals surface area contributed by atoms with E-state index in [4.69, 9.17) is 12.2 Å². The summed E-state index contributed by atoms with van der Waals surface area (Å²) in [6, 6.07) is 23.4. The van der Waals surface area contributed by atoms with Gasteiger partial charge < -0.3 is 20.1 Å². The monoisotopic (exact) mass is 499 g/mol. The van der Waals surface area contributed by atoms with Gasteiger partial charge >= 0.3 is 0 Å². The van der Waals surface area contributed by atoms with Crippen LogP contribution in [0.1, 0.15) is 35.5 Å². The number of amides is 1. The summed E-state index contributed by atoms with van der Waals surface area (Å²) in [6.07, 6.45) is 3.97. The minimum atomic E-state index is -0.288. The molecule has 1 aliphatic heterocycles. The molecular weight excluding hydrogens is 473 g/mol. The Bertz CT molecular complexity index is 1370. The SMILES string of the molecule is Cc1cccc(NC(=O)CCN2C(=S)N[C@@H](c3ccccn3)[C@@H]2c2cccn2-c2ccc(F)cc2)c1. The van der Waals surface area contributed by atoms with Crippen molar-refractivity contribution in [2.75, 3.05) is 11.9 Å². The van der Waals surface area contributed by atoms with Crippen LogP contribution < -0.4 is 10.6 Å². The van der Waals surface area contributed by atoms with Gasteiger partial charge in [-0.05, 0) is 85.4 Å². The van der Waals surface area contributed by atoms with Crippen LogP contribution in [0.15, 0.2) is 91.3 Å². The lowest BCUT2D eigenvalue weighted by atomic mass is 10.0. The van der Waals surface area contributed by atoms with Crippen LogP contribution in [0, 0.1) is 12.7 Å². The summed E-state index contributed by atoms with van der Waals surface area (Å²) >= 11 is 5.74. The van der Waals surface area contributed by atoms with Gasteiger partial charge in [-0.2, -0.15) is 0 Å². The fraction of sp³-hybridized carbons (Fsp3) is 0.179. The molecule has 8 heteroatoms. The van der Waals surface area contributed by atoms with Gasteiger partial charge in [-0.1, -0.05) is 18.2 Å². The number of hydrogen-bond donors (Lipinski definition) is 2. The highest BCUT2D eigenvalue weighted by atomic mass is 32.1. The third-order valence-electron chi connectivity index (χ3n) is 6.27. The Morgan fingerprint density at radius 3 is 2.67 bits per heavy atom. The second kappa shape index (κ2) is 10.3. The molecule has 0 saturated carbocycles. The highest BCUT2D eigenvalue weighted by molar-refractivity contribution is 7.80. The van der Waals surface area contributed by atoms with Crippen molar-refractivity contribution < 1.29 is 9.18 Å². The number of nitrogens with one attached hydrogen (secondary N) is 2. The number of halogens is 1. The summed E-state index contributed by atoms with van der Waals surface area (Å²) in [7, 11) is 0. The molecular formula is C28H26FN5OS. The summed E-state index contributed by atoms with van der Waals surface area (Å²) in [4.78, 5) is 19.4. The first-order valence-electron chi connectivity index (χ1n) is 11.8. The van der Waals surface area contributed by atoms with Gasteiger partial charge in [0, 0.05) is 42.4 Å². The molecule has 2 aromatic heterocycles. The molecule has 2 aromatic carbocycles. The number of aryl methyl sites for hydroxylation is 1. The van der Waals surface area contributed by atoms with E-state index in [1.165, 1.54) is 12.1 Å². The lowest BCUT2D eigenvalue weighted by Crippen LogP contribution is -2.33. The van der Waals surface area contributed by atoms with E-state index in [9.17, 15) is 9.18 Å². The van der Waals surface area contributed by atoms with E-state index < -0.39 is 0 Å². The topological polar surface area (TPSA) is 62.2 Å². The lowest BCUT2D eigenvalue weighted by Gasteiger charge is -2.28. The normalized spacial score (nSPS) is 17.2. The van der Waals surface area contributed by atoms with E-state index in [1.807, 2.05) is 77.2 Å². The van der Waals surface area contributed by atoms with E-state index >= 15 is 0 Å². The van der Waals surface area contributed by atoms with Crippen LogP contribution >= 0.6 is 12.2 Å². The van der Waals surface area contributed by atoms with Crippen molar-refractivity contribution in [3.8, 4) is 5.69 Å². The molecule has 2 atom stereocenters. The maximum absolute atomic E-state index is 13.6. The van der Waals surface area contributed by atoms with Crippen LogP contribution in [0.3, 0.4) is 0 Å². The molecule has 6 nitrogen and oxygen atoms in total. The number of carbonyl (C=O) groups is 1. The Labute approximate surface area is 214 Å². The van der Waals surface area contributed by atoms with E-state index in [0.717, 1.165) is 28.3 Å². The number of pyridine rings is 1. The molecule has 2 N–H and O–H groups in total. The molecule has 36 heavy (non-hydrogen) atoms. The van der Waals surface area contributed by atoms with Gasteiger partial charge in [0.1, 0.15) is 5.82 Å². The Hall–Kier alpha value is -4.04. The molecule has 0 bridgehead atoms. The van der Waals surface area contributed by atoms with E-state index in [2.05, 4.69) is 15.6 Å². The predicted molar refractivity (Wildman–Crippen MR) is 142 cm³/mol. The highest BCUT2D eigenvalue weighted by Crippen LogP contribution is 2.39. The fourth-order valence-corrected chi connectivity index (χ4v) is 4.94. The second-order valence-corrected chi connectivity index (χ2v) is 9.15. The molecule has 182 valence electrons. The molecule has 1 fully saturated rings. The van der Waals surface area contributed by atoms with Crippen LogP contribution in [0.4, 0.5) is 10.1 Å². The quantitative estimate of drug-likeness (QED) is 0.337. The maximum atomic E-state index is 13.6. The van der Waals surface area contributed by atoms with Crippen LogP contribution in [0.5, 0.6) is 0 Å². The fourth-order valence-electron chi connectivity index (χ4n) is 4.61. The number of benzene rings is 2. The average molecular weight is 500 g/mol. The molecule has 4 aromatic rings. The number of nitrogens with zero attached hydrogens (tertiary/aromatic N) is 3. The van der Waals surface area contributed by atoms with Gasteiger partial charge in [0.25, 0.3) is 0 Å². The molecule has 1 amide bonds. The smallest absolute Gasteiger partial charge is 0.226 e. The molecule has 0 unspecified atom stereocenters. The second-order valence-electron chi connectivity index (χ2n) is 8.77. The number of thiocarbonyl (C=S) groups is 1. The number of anilines is 1.